The van der Waals surface area contributed by atoms with E-state index in [9.17, 15) is 19.2 Å². The fourth-order valence-electron chi connectivity index (χ4n) is 2.78. The first kappa shape index (κ1) is 18.8. The van der Waals surface area contributed by atoms with E-state index in [1.807, 2.05) is 6.92 Å². The summed E-state index contributed by atoms with van der Waals surface area (Å²) in [5.41, 5.74) is -0.634. The van der Waals surface area contributed by atoms with Crippen LogP contribution in [0, 0.1) is 6.92 Å². The summed E-state index contributed by atoms with van der Waals surface area (Å²) < 4.78 is 4.94. The molecule has 0 aliphatic carbocycles. The van der Waals surface area contributed by atoms with Crippen LogP contribution in [0.1, 0.15) is 27.0 Å². The minimum absolute atomic E-state index is 0.326. The maximum absolute atomic E-state index is 12.7. The first-order valence-corrected chi connectivity index (χ1v) is 9.08. The number of hydrogen-bond donors (Lipinski definition) is 1. The largest absolute Gasteiger partial charge is 0.456 e. The summed E-state index contributed by atoms with van der Waals surface area (Å²) in [6, 6.07) is 11.6. The molecule has 7 nitrogen and oxygen atoms in total. The summed E-state index contributed by atoms with van der Waals surface area (Å²) >= 11 is 1.31. The number of nitrogens with one attached hydrogen (secondary N) is 1. The Morgan fingerprint density at radius 1 is 1.15 bits per heavy atom. The van der Waals surface area contributed by atoms with E-state index in [4.69, 9.17) is 4.74 Å². The average molecular weight is 386 g/mol. The Kier molecular flexibility index (Phi) is 5.09. The molecule has 2 heterocycles. The third-order valence-corrected chi connectivity index (χ3v) is 5.33. The van der Waals surface area contributed by atoms with E-state index < -0.39 is 36.6 Å². The number of nitrogens with zero attached hydrogens (tertiary/aromatic N) is 1. The molecule has 0 bridgehead atoms. The number of benzene rings is 1. The van der Waals surface area contributed by atoms with Gasteiger partial charge in [-0.05, 0) is 31.5 Å². The summed E-state index contributed by atoms with van der Waals surface area (Å²) in [7, 11) is 0. The van der Waals surface area contributed by atoms with E-state index in [-0.39, 0.29) is 5.78 Å². The van der Waals surface area contributed by atoms with Crippen LogP contribution in [0.2, 0.25) is 0 Å². The Morgan fingerprint density at radius 2 is 1.85 bits per heavy atom. The number of rotatable bonds is 6. The van der Waals surface area contributed by atoms with Gasteiger partial charge in [-0.1, -0.05) is 30.3 Å². The van der Waals surface area contributed by atoms with Crippen molar-refractivity contribution in [1.29, 1.82) is 0 Å². The van der Waals surface area contributed by atoms with Crippen molar-refractivity contribution in [1.82, 2.24) is 10.2 Å². The fraction of sp³-hybridized carbons (Fsp3) is 0.263. The van der Waals surface area contributed by atoms with E-state index in [2.05, 4.69) is 5.32 Å². The summed E-state index contributed by atoms with van der Waals surface area (Å²) in [5, 5.41) is 2.61. The minimum Gasteiger partial charge on any atom is -0.456 e. The van der Waals surface area contributed by atoms with Gasteiger partial charge in [0.1, 0.15) is 12.1 Å². The highest BCUT2D eigenvalue weighted by molar-refractivity contribution is 7.14. The summed E-state index contributed by atoms with van der Waals surface area (Å²) in [6.07, 6.45) is 0. The van der Waals surface area contributed by atoms with Crippen LogP contribution < -0.4 is 5.32 Å². The lowest BCUT2D eigenvalue weighted by atomic mass is 9.92. The summed E-state index contributed by atoms with van der Waals surface area (Å²) in [5.74, 6) is -1.69. The quantitative estimate of drug-likeness (QED) is 0.467. The molecule has 1 N–H and O–H groups in total. The van der Waals surface area contributed by atoms with Crippen LogP contribution in [0.4, 0.5) is 4.79 Å². The molecular formula is C19H18N2O5S. The Bertz CT molecular complexity index is 908. The molecule has 0 unspecified atom stereocenters. The Balaban J connectivity index is 1.62. The molecule has 1 saturated heterocycles. The molecule has 1 fully saturated rings. The predicted molar refractivity (Wildman–Crippen MR) is 98.4 cm³/mol. The fourth-order valence-corrected chi connectivity index (χ4v) is 3.58. The number of ketones is 1. The number of carbonyl (C=O) groups is 4. The van der Waals surface area contributed by atoms with Crippen molar-refractivity contribution in [2.45, 2.75) is 19.4 Å². The Morgan fingerprint density at radius 3 is 2.48 bits per heavy atom. The van der Waals surface area contributed by atoms with Crippen molar-refractivity contribution >= 4 is 35.0 Å². The monoisotopic (exact) mass is 386 g/mol. The maximum atomic E-state index is 12.7. The van der Waals surface area contributed by atoms with E-state index in [1.165, 1.54) is 11.3 Å². The predicted octanol–water partition coefficient (Wildman–Crippen LogP) is 2.25. The lowest BCUT2D eigenvalue weighted by molar-refractivity contribution is -0.146. The second-order valence-corrected chi connectivity index (χ2v) is 7.59. The Hall–Kier alpha value is -3.00. The number of carbonyl (C=O) groups excluding carboxylic acids is 4. The third kappa shape index (κ3) is 3.75. The van der Waals surface area contributed by atoms with E-state index in [0.717, 1.165) is 9.78 Å². The standard InChI is InChI=1S/C19H18N2O5S/c1-12-8-9-15(27-12)14(22)11-26-16(23)10-21-17(24)19(2,20-18(21)25)13-6-4-3-5-7-13/h3-9H,10-11H2,1-2H3,(H,20,25)/t19-/m1/s1. The first-order chi connectivity index (χ1) is 12.8. The number of imide groups is 1. The van der Waals surface area contributed by atoms with Gasteiger partial charge in [0, 0.05) is 4.88 Å². The lowest BCUT2D eigenvalue weighted by Crippen LogP contribution is -2.41. The zero-order valence-electron chi connectivity index (χ0n) is 14.9. The van der Waals surface area contributed by atoms with Gasteiger partial charge in [0.05, 0.1) is 4.88 Å². The molecule has 27 heavy (non-hydrogen) atoms. The Labute approximate surface area is 159 Å². The van der Waals surface area contributed by atoms with Gasteiger partial charge in [-0.25, -0.2) is 4.79 Å². The molecule has 8 heteroatoms. The number of esters is 1. The van der Waals surface area contributed by atoms with Crippen molar-refractivity contribution in [2.75, 3.05) is 13.2 Å². The molecule has 0 radical (unpaired) electrons. The van der Waals surface area contributed by atoms with Crippen LogP contribution in [0.25, 0.3) is 0 Å². The molecular weight excluding hydrogens is 368 g/mol. The second-order valence-electron chi connectivity index (χ2n) is 6.31. The smallest absolute Gasteiger partial charge is 0.326 e. The molecule has 1 aliphatic rings. The van der Waals surface area contributed by atoms with Crippen molar-refractivity contribution in [3.63, 3.8) is 0 Å². The van der Waals surface area contributed by atoms with Gasteiger partial charge >= 0.3 is 12.0 Å². The highest BCUT2D eigenvalue weighted by Gasteiger charge is 2.49. The third-order valence-electron chi connectivity index (χ3n) is 4.29. The number of Topliss-reactive ketones (excluding diaryl/α,β-unsaturated/α-hetero) is 1. The molecule has 3 rings (SSSR count). The van der Waals surface area contributed by atoms with Gasteiger partial charge in [0.2, 0.25) is 5.78 Å². The molecule has 3 amide bonds. The van der Waals surface area contributed by atoms with Crippen LogP contribution in [0.15, 0.2) is 42.5 Å². The zero-order valence-corrected chi connectivity index (χ0v) is 15.7. The number of hydrogen-bond acceptors (Lipinski definition) is 6. The van der Waals surface area contributed by atoms with Crippen LogP contribution in [-0.4, -0.2) is 41.7 Å². The van der Waals surface area contributed by atoms with Crippen molar-refractivity contribution < 1.29 is 23.9 Å². The van der Waals surface area contributed by atoms with E-state index in [0.29, 0.717) is 10.4 Å². The van der Waals surface area contributed by atoms with Gasteiger partial charge in [-0.2, -0.15) is 0 Å². The van der Waals surface area contributed by atoms with Gasteiger partial charge < -0.3 is 10.1 Å². The molecule has 1 aromatic carbocycles. The normalized spacial score (nSPS) is 19.1. The second kappa shape index (κ2) is 7.32. The number of amides is 3. The van der Waals surface area contributed by atoms with E-state index >= 15 is 0 Å². The van der Waals surface area contributed by atoms with Crippen LogP contribution >= 0.6 is 11.3 Å². The number of aryl methyl sites for hydroxylation is 1. The average Bonchev–Trinajstić information content (AvgIpc) is 3.18. The molecule has 1 aromatic heterocycles. The summed E-state index contributed by atoms with van der Waals surface area (Å²) in [6.45, 7) is 2.47. The summed E-state index contributed by atoms with van der Waals surface area (Å²) in [4.78, 5) is 51.2. The molecule has 1 aliphatic heterocycles. The van der Waals surface area contributed by atoms with Gasteiger partial charge in [-0.15, -0.1) is 11.3 Å². The van der Waals surface area contributed by atoms with Crippen molar-refractivity contribution in [3.8, 4) is 0 Å². The number of urea groups is 1. The SMILES string of the molecule is Cc1ccc(C(=O)COC(=O)CN2C(=O)N[C@](C)(c3ccccc3)C2=O)s1. The minimum atomic E-state index is -1.25. The van der Waals surface area contributed by atoms with Gasteiger partial charge in [0.15, 0.2) is 6.61 Å². The van der Waals surface area contributed by atoms with Gasteiger partial charge in [-0.3, -0.25) is 19.3 Å². The number of ether oxygens (including phenoxy) is 1. The number of thiophene rings is 1. The topological polar surface area (TPSA) is 92.8 Å². The highest BCUT2D eigenvalue weighted by atomic mass is 32.1. The molecule has 140 valence electrons. The molecule has 2 aromatic rings. The molecule has 1 atom stereocenters. The lowest BCUT2D eigenvalue weighted by Gasteiger charge is -2.21. The first-order valence-electron chi connectivity index (χ1n) is 8.26. The van der Waals surface area contributed by atoms with E-state index in [1.54, 1.807) is 49.4 Å². The maximum Gasteiger partial charge on any atom is 0.326 e. The molecule has 0 spiro atoms. The van der Waals surface area contributed by atoms with Gasteiger partial charge in [0.25, 0.3) is 5.91 Å². The highest BCUT2D eigenvalue weighted by Crippen LogP contribution is 2.28. The van der Waals surface area contributed by atoms with Crippen LogP contribution in [-0.2, 0) is 19.9 Å². The van der Waals surface area contributed by atoms with Crippen LogP contribution in [0.3, 0.4) is 0 Å². The van der Waals surface area contributed by atoms with Crippen molar-refractivity contribution in [3.05, 3.63) is 57.8 Å². The van der Waals surface area contributed by atoms with Crippen molar-refractivity contribution in [2.24, 2.45) is 0 Å². The van der Waals surface area contributed by atoms with Crippen LogP contribution in [0.5, 0.6) is 0 Å². The zero-order chi connectivity index (χ0) is 19.6. The molecule has 0 saturated carbocycles.